The Morgan fingerprint density at radius 1 is 1.04 bits per heavy atom. The lowest BCUT2D eigenvalue weighted by molar-refractivity contribution is -0.394. The summed E-state index contributed by atoms with van der Waals surface area (Å²) in [7, 11) is 0. The molecule has 0 aliphatic heterocycles. The fraction of sp³-hybridized carbons (Fsp3) is 0.556. The molecule has 154 valence electrons. The summed E-state index contributed by atoms with van der Waals surface area (Å²) in [6.07, 6.45) is 3.16. The van der Waals surface area contributed by atoms with Crippen molar-refractivity contribution in [2.75, 3.05) is 6.54 Å². The molecule has 2 amide bonds. The number of nitrogens with one attached hydrogen (secondary N) is 2. The third-order valence-electron chi connectivity index (χ3n) is 3.99. The standard InChI is InChI=1S/C18H26N4O6/c1-4-5-6-7-19-18(24)16(8-12(2)3)20-17(23)13-9-14(21(25)26)11-15(10-13)22(27)28/h9-12,16H,4-8H2,1-3H3,(H,19,24)(H,20,23)/t16-/m1/s1. The van der Waals surface area contributed by atoms with E-state index in [0.29, 0.717) is 13.0 Å². The lowest BCUT2D eigenvalue weighted by atomic mass is 10.0. The molecule has 0 saturated carbocycles. The van der Waals surface area contributed by atoms with Crippen LogP contribution in [0.2, 0.25) is 0 Å². The minimum absolute atomic E-state index is 0.103. The van der Waals surface area contributed by atoms with Gasteiger partial charge < -0.3 is 10.6 Å². The first-order valence-corrected chi connectivity index (χ1v) is 9.18. The third-order valence-corrected chi connectivity index (χ3v) is 3.99. The van der Waals surface area contributed by atoms with Crippen LogP contribution >= 0.6 is 0 Å². The van der Waals surface area contributed by atoms with Gasteiger partial charge >= 0.3 is 0 Å². The van der Waals surface area contributed by atoms with Crippen molar-refractivity contribution >= 4 is 23.2 Å². The van der Waals surface area contributed by atoms with E-state index in [4.69, 9.17) is 0 Å². The van der Waals surface area contributed by atoms with Crippen molar-refractivity contribution in [3.8, 4) is 0 Å². The Bertz CT molecular complexity index is 703. The van der Waals surface area contributed by atoms with Crippen LogP contribution in [0.5, 0.6) is 0 Å². The summed E-state index contributed by atoms with van der Waals surface area (Å²) in [5.41, 5.74) is -1.37. The molecule has 0 unspecified atom stereocenters. The molecule has 1 rings (SSSR count). The highest BCUT2D eigenvalue weighted by Crippen LogP contribution is 2.23. The molecule has 0 heterocycles. The van der Waals surface area contributed by atoms with Crippen LogP contribution < -0.4 is 10.6 Å². The zero-order valence-electron chi connectivity index (χ0n) is 16.3. The maximum Gasteiger partial charge on any atom is 0.277 e. The Morgan fingerprint density at radius 3 is 2.07 bits per heavy atom. The molecule has 10 nitrogen and oxygen atoms in total. The lowest BCUT2D eigenvalue weighted by Gasteiger charge is -2.20. The number of unbranched alkanes of at least 4 members (excludes halogenated alkanes) is 2. The Morgan fingerprint density at radius 2 is 1.61 bits per heavy atom. The predicted octanol–water partition coefficient (Wildman–Crippen LogP) is 2.95. The van der Waals surface area contributed by atoms with Crippen molar-refractivity contribution in [3.05, 3.63) is 44.0 Å². The maximum absolute atomic E-state index is 12.5. The van der Waals surface area contributed by atoms with E-state index < -0.39 is 33.2 Å². The topological polar surface area (TPSA) is 144 Å². The van der Waals surface area contributed by atoms with E-state index in [1.165, 1.54) is 0 Å². The second-order valence-corrected chi connectivity index (χ2v) is 6.91. The van der Waals surface area contributed by atoms with Crippen molar-refractivity contribution in [2.24, 2.45) is 5.92 Å². The summed E-state index contributed by atoms with van der Waals surface area (Å²) >= 11 is 0. The molecule has 0 aliphatic carbocycles. The van der Waals surface area contributed by atoms with E-state index >= 15 is 0 Å². The van der Waals surface area contributed by atoms with Crippen molar-refractivity contribution < 1.29 is 19.4 Å². The number of carbonyl (C=O) groups is 2. The summed E-state index contributed by atoms with van der Waals surface area (Å²) in [6.45, 7) is 6.31. The molecule has 0 aromatic heterocycles. The second kappa shape index (κ2) is 11.0. The molecule has 0 fully saturated rings. The van der Waals surface area contributed by atoms with E-state index in [0.717, 1.165) is 37.5 Å². The Balaban J connectivity index is 2.99. The first-order valence-electron chi connectivity index (χ1n) is 9.18. The van der Waals surface area contributed by atoms with Gasteiger partial charge in [0, 0.05) is 18.7 Å². The van der Waals surface area contributed by atoms with E-state index in [1.54, 1.807) is 0 Å². The second-order valence-electron chi connectivity index (χ2n) is 6.91. The first kappa shape index (κ1) is 23.0. The van der Waals surface area contributed by atoms with Crippen molar-refractivity contribution in [2.45, 2.75) is 52.5 Å². The quantitative estimate of drug-likeness (QED) is 0.335. The minimum Gasteiger partial charge on any atom is -0.354 e. The summed E-state index contributed by atoms with van der Waals surface area (Å²) in [6, 6.07) is 1.84. The number of nitrogens with zero attached hydrogens (tertiary/aromatic N) is 2. The molecular weight excluding hydrogens is 368 g/mol. The summed E-state index contributed by atoms with van der Waals surface area (Å²) in [5.74, 6) is -1.02. The number of benzene rings is 1. The van der Waals surface area contributed by atoms with Gasteiger partial charge in [0.2, 0.25) is 5.91 Å². The molecule has 0 saturated heterocycles. The number of carbonyl (C=O) groups excluding carboxylic acids is 2. The molecule has 10 heteroatoms. The van der Waals surface area contributed by atoms with Crippen LogP contribution in [0.25, 0.3) is 0 Å². The minimum atomic E-state index is -0.840. The number of amides is 2. The molecule has 0 bridgehead atoms. The highest BCUT2D eigenvalue weighted by molar-refractivity contribution is 5.98. The van der Waals surface area contributed by atoms with Crippen molar-refractivity contribution in [3.63, 3.8) is 0 Å². The maximum atomic E-state index is 12.5. The molecule has 1 atom stereocenters. The van der Waals surface area contributed by atoms with E-state index in [1.807, 2.05) is 20.8 Å². The number of hydrogen-bond acceptors (Lipinski definition) is 6. The van der Waals surface area contributed by atoms with Crippen LogP contribution in [0.15, 0.2) is 18.2 Å². The summed E-state index contributed by atoms with van der Waals surface area (Å²) in [4.78, 5) is 45.3. The van der Waals surface area contributed by atoms with Crippen LogP contribution in [-0.4, -0.2) is 34.2 Å². The number of nitro benzene ring substituents is 2. The highest BCUT2D eigenvalue weighted by Gasteiger charge is 2.25. The number of rotatable bonds is 11. The number of non-ortho nitro benzene ring substituents is 2. The molecule has 28 heavy (non-hydrogen) atoms. The van der Waals surface area contributed by atoms with Crippen LogP contribution in [0, 0.1) is 26.1 Å². The average Bonchev–Trinajstić information content (AvgIpc) is 2.63. The van der Waals surface area contributed by atoms with Crippen molar-refractivity contribution in [1.29, 1.82) is 0 Å². The van der Waals surface area contributed by atoms with E-state index in [2.05, 4.69) is 10.6 Å². The zero-order valence-corrected chi connectivity index (χ0v) is 16.3. The molecule has 2 N–H and O–H groups in total. The average molecular weight is 394 g/mol. The van der Waals surface area contributed by atoms with Gasteiger partial charge in [-0.1, -0.05) is 33.6 Å². The van der Waals surface area contributed by atoms with Crippen LogP contribution in [0.3, 0.4) is 0 Å². The fourth-order valence-electron chi connectivity index (χ4n) is 2.59. The van der Waals surface area contributed by atoms with Crippen LogP contribution in [-0.2, 0) is 4.79 Å². The number of hydrogen-bond donors (Lipinski definition) is 2. The van der Waals surface area contributed by atoms with Gasteiger partial charge in [-0.05, 0) is 18.8 Å². The molecule has 1 aromatic rings. The zero-order chi connectivity index (χ0) is 21.3. The monoisotopic (exact) mass is 394 g/mol. The van der Waals surface area contributed by atoms with Gasteiger partial charge in [0.1, 0.15) is 6.04 Å². The Labute approximate surface area is 163 Å². The van der Waals surface area contributed by atoms with E-state index in [9.17, 15) is 29.8 Å². The highest BCUT2D eigenvalue weighted by atomic mass is 16.6. The van der Waals surface area contributed by atoms with Crippen LogP contribution in [0.1, 0.15) is 56.8 Å². The first-order chi connectivity index (χ1) is 13.1. The molecule has 0 spiro atoms. The van der Waals surface area contributed by atoms with Gasteiger partial charge in [0.05, 0.1) is 21.5 Å². The van der Waals surface area contributed by atoms with Gasteiger partial charge in [0.25, 0.3) is 17.3 Å². The normalized spacial score (nSPS) is 11.7. The largest absolute Gasteiger partial charge is 0.354 e. The van der Waals surface area contributed by atoms with Gasteiger partial charge in [0.15, 0.2) is 0 Å². The number of nitro groups is 2. The molecule has 1 aromatic carbocycles. The molecular formula is C18H26N4O6. The SMILES string of the molecule is CCCCCNC(=O)[C@@H](CC(C)C)NC(=O)c1cc([N+](=O)[O-])cc([N+](=O)[O-])c1. The summed E-state index contributed by atoms with van der Waals surface area (Å²) in [5, 5.41) is 27.3. The molecule has 0 radical (unpaired) electrons. The molecule has 0 aliphatic rings. The van der Waals surface area contributed by atoms with Crippen LogP contribution in [0.4, 0.5) is 11.4 Å². The summed E-state index contributed by atoms with van der Waals surface area (Å²) < 4.78 is 0. The van der Waals surface area contributed by atoms with E-state index in [-0.39, 0.29) is 17.4 Å². The smallest absolute Gasteiger partial charge is 0.277 e. The lowest BCUT2D eigenvalue weighted by Crippen LogP contribution is -2.47. The van der Waals surface area contributed by atoms with Gasteiger partial charge in [-0.2, -0.15) is 0 Å². The van der Waals surface area contributed by atoms with Gasteiger partial charge in [-0.15, -0.1) is 0 Å². The van der Waals surface area contributed by atoms with Gasteiger partial charge in [-0.25, -0.2) is 0 Å². The fourth-order valence-corrected chi connectivity index (χ4v) is 2.59. The Kier molecular flexibility index (Phi) is 9.00. The van der Waals surface area contributed by atoms with Gasteiger partial charge in [-0.3, -0.25) is 29.8 Å². The van der Waals surface area contributed by atoms with Crippen molar-refractivity contribution in [1.82, 2.24) is 10.6 Å². The Hall–Kier alpha value is -3.04. The third kappa shape index (κ3) is 7.29. The predicted molar refractivity (Wildman–Crippen MR) is 103 cm³/mol.